The van der Waals surface area contributed by atoms with Gasteiger partial charge in [-0.25, -0.2) is 9.48 Å². The third kappa shape index (κ3) is 1.85. The number of nitrogens with zero attached hydrogens (tertiary/aromatic N) is 2. The van der Waals surface area contributed by atoms with E-state index in [0.29, 0.717) is 0 Å². The summed E-state index contributed by atoms with van der Waals surface area (Å²) in [7, 11) is 0. The average molecular weight is 195 g/mol. The fourth-order valence-corrected chi connectivity index (χ4v) is 0.909. The highest BCUT2D eigenvalue weighted by molar-refractivity contribution is 5.91. The van der Waals surface area contributed by atoms with Crippen LogP contribution in [0, 0.1) is 0 Å². The van der Waals surface area contributed by atoms with Crippen molar-refractivity contribution in [1.82, 2.24) is 14.8 Å². The normalized spacial score (nSPS) is 9.79. The summed E-state index contributed by atoms with van der Waals surface area (Å²) in [6.07, 6.45) is 1.44. The van der Waals surface area contributed by atoms with Crippen LogP contribution in [0.15, 0.2) is 22.2 Å². The Hall–Kier alpha value is -1.98. The highest BCUT2D eigenvalue weighted by atomic mass is 16.2. The molecule has 0 aliphatic rings. The number of hydrogen-bond acceptors (Lipinski definition) is 4. The molecule has 0 fully saturated rings. The van der Waals surface area contributed by atoms with Crippen LogP contribution in [0.5, 0.6) is 0 Å². The van der Waals surface area contributed by atoms with Crippen molar-refractivity contribution in [3.8, 4) is 0 Å². The molecule has 1 heterocycles. The van der Waals surface area contributed by atoms with Gasteiger partial charge < -0.3 is 0 Å². The molecule has 1 aromatic heterocycles. The molecule has 14 heavy (non-hydrogen) atoms. The Bertz CT molecular complexity index is 483. The van der Waals surface area contributed by atoms with E-state index in [1.54, 1.807) is 0 Å². The summed E-state index contributed by atoms with van der Waals surface area (Å²) in [6, 6.07) is 0. The zero-order chi connectivity index (χ0) is 10.7. The number of carbonyl (C=O) groups excluding carboxylic acids is 1. The van der Waals surface area contributed by atoms with Crippen molar-refractivity contribution >= 4 is 5.78 Å². The Morgan fingerprint density at radius 1 is 1.64 bits per heavy atom. The Morgan fingerprint density at radius 2 is 2.29 bits per heavy atom. The first kappa shape index (κ1) is 10.1. The highest BCUT2D eigenvalue weighted by Gasteiger charge is 2.09. The van der Waals surface area contributed by atoms with Crippen LogP contribution in [-0.2, 0) is 6.54 Å². The molecule has 0 saturated carbocycles. The molecular weight excluding hydrogens is 186 g/mol. The van der Waals surface area contributed by atoms with Crippen molar-refractivity contribution in [1.29, 1.82) is 0 Å². The van der Waals surface area contributed by atoms with Crippen LogP contribution in [0.4, 0.5) is 0 Å². The molecule has 0 radical (unpaired) electrons. The lowest BCUT2D eigenvalue weighted by molar-refractivity contribution is 0.100. The van der Waals surface area contributed by atoms with E-state index in [1.165, 1.54) is 13.0 Å². The topological polar surface area (TPSA) is 84.8 Å². The van der Waals surface area contributed by atoms with Gasteiger partial charge in [-0.3, -0.25) is 14.6 Å². The second-order valence-electron chi connectivity index (χ2n) is 2.63. The van der Waals surface area contributed by atoms with E-state index >= 15 is 0 Å². The summed E-state index contributed by atoms with van der Waals surface area (Å²) in [5, 5.41) is 3.60. The van der Waals surface area contributed by atoms with Gasteiger partial charge in [0, 0.05) is 6.92 Å². The zero-order valence-corrected chi connectivity index (χ0v) is 7.61. The molecule has 0 spiro atoms. The molecule has 0 aliphatic heterocycles. The van der Waals surface area contributed by atoms with E-state index in [0.717, 1.165) is 4.68 Å². The SMILES string of the molecule is C=CCn1nc(C(C)=O)c(=O)[nH]c1=O. The Labute approximate surface area is 78.9 Å². The second-order valence-corrected chi connectivity index (χ2v) is 2.63. The number of hydrogen-bond donors (Lipinski definition) is 1. The van der Waals surface area contributed by atoms with Gasteiger partial charge in [-0.05, 0) is 0 Å². The van der Waals surface area contributed by atoms with E-state index in [1.807, 2.05) is 4.98 Å². The molecule has 1 aromatic rings. The summed E-state index contributed by atoms with van der Waals surface area (Å²) in [4.78, 5) is 35.1. The number of aromatic amines is 1. The standard InChI is InChI=1S/C8H9N3O3/c1-3-4-11-8(14)9-7(13)6(10-11)5(2)12/h3H,1,4H2,2H3,(H,9,13,14). The number of carbonyl (C=O) groups is 1. The summed E-state index contributed by atoms with van der Waals surface area (Å²) in [5.74, 6) is -0.482. The molecule has 6 nitrogen and oxygen atoms in total. The molecule has 1 rings (SSSR count). The van der Waals surface area contributed by atoms with E-state index < -0.39 is 17.0 Å². The zero-order valence-electron chi connectivity index (χ0n) is 7.61. The molecule has 1 N–H and O–H groups in total. The third-order valence-electron chi connectivity index (χ3n) is 1.53. The van der Waals surface area contributed by atoms with Gasteiger partial charge in [0.2, 0.25) is 0 Å². The van der Waals surface area contributed by atoms with Crippen LogP contribution < -0.4 is 11.2 Å². The van der Waals surface area contributed by atoms with E-state index in [-0.39, 0.29) is 12.2 Å². The number of Topliss-reactive ketones (excluding diaryl/α,β-unsaturated/α-hetero) is 1. The van der Waals surface area contributed by atoms with E-state index in [4.69, 9.17) is 0 Å². The lowest BCUT2D eigenvalue weighted by atomic mass is 10.3. The fraction of sp³-hybridized carbons (Fsp3) is 0.250. The lowest BCUT2D eigenvalue weighted by Gasteiger charge is -2.00. The maximum atomic E-state index is 11.1. The number of H-pyrrole nitrogens is 1. The summed E-state index contributed by atoms with van der Waals surface area (Å²) in [6.45, 7) is 4.77. The first-order valence-electron chi connectivity index (χ1n) is 3.89. The maximum absolute atomic E-state index is 11.1. The summed E-state index contributed by atoms with van der Waals surface area (Å²) in [5.41, 5.74) is -1.69. The van der Waals surface area contributed by atoms with Gasteiger partial charge in [-0.1, -0.05) is 6.08 Å². The van der Waals surface area contributed by atoms with Crippen molar-refractivity contribution in [2.45, 2.75) is 13.5 Å². The molecule has 6 heteroatoms. The third-order valence-corrected chi connectivity index (χ3v) is 1.53. The van der Waals surface area contributed by atoms with Gasteiger partial charge in [0.15, 0.2) is 11.5 Å². The summed E-state index contributed by atoms with van der Waals surface area (Å²) >= 11 is 0. The number of allylic oxidation sites excluding steroid dienone is 1. The molecule has 0 unspecified atom stereocenters. The average Bonchev–Trinajstić information content (AvgIpc) is 2.09. The largest absolute Gasteiger partial charge is 0.345 e. The van der Waals surface area contributed by atoms with Crippen LogP contribution in [0.25, 0.3) is 0 Å². The monoisotopic (exact) mass is 195 g/mol. The molecule has 0 bridgehead atoms. The minimum Gasteiger partial charge on any atom is -0.292 e. The van der Waals surface area contributed by atoms with Gasteiger partial charge in [0.05, 0.1) is 6.54 Å². The quantitative estimate of drug-likeness (QED) is 0.511. The van der Waals surface area contributed by atoms with Gasteiger partial charge in [-0.15, -0.1) is 6.58 Å². The van der Waals surface area contributed by atoms with Crippen LogP contribution in [0.2, 0.25) is 0 Å². The first-order valence-corrected chi connectivity index (χ1v) is 3.89. The highest BCUT2D eigenvalue weighted by Crippen LogP contribution is 1.83. The lowest BCUT2D eigenvalue weighted by Crippen LogP contribution is -2.35. The number of nitrogens with one attached hydrogen (secondary N) is 1. The number of ketones is 1. The van der Waals surface area contributed by atoms with Crippen LogP contribution in [-0.4, -0.2) is 20.5 Å². The molecule has 0 aliphatic carbocycles. The number of rotatable bonds is 3. The predicted molar refractivity (Wildman–Crippen MR) is 49.3 cm³/mol. The van der Waals surface area contributed by atoms with Gasteiger partial charge in [0.1, 0.15) is 0 Å². The molecule has 0 saturated heterocycles. The van der Waals surface area contributed by atoms with Crippen molar-refractivity contribution in [2.24, 2.45) is 0 Å². The van der Waals surface area contributed by atoms with Crippen molar-refractivity contribution < 1.29 is 4.79 Å². The Kier molecular flexibility index (Phi) is 2.76. The minimum absolute atomic E-state index is 0.149. The first-order chi connectivity index (χ1) is 6.56. The van der Waals surface area contributed by atoms with Crippen molar-refractivity contribution in [3.63, 3.8) is 0 Å². The van der Waals surface area contributed by atoms with Gasteiger partial charge >= 0.3 is 5.69 Å². The fourth-order valence-electron chi connectivity index (χ4n) is 0.909. The Morgan fingerprint density at radius 3 is 2.79 bits per heavy atom. The number of aromatic nitrogens is 3. The van der Waals surface area contributed by atoms with E-state index in [2.05, 4.69) is 11.7 Å². The van der Waals surface area contributed by atoms with Crippen LogP contribution >= 0.6 is 0 Å². The second kappa shape index (κ2) is 3.82. The minimum atomic E-state index is -0.761. The summed E-state index contributed by atoms with van der Waals surface area (Å²) < 4.78 is 0.963. The Balaban J connectivity index is 3.42. The van der Waals surface area contributed by atoms with Crippen molar-refractivity contribution in [3.05, 3.63) is 39.2 Å². The molecule has 0 amide bonds. The maximum Gasteiger partial charge on any atom is 0.345 e. The molecule has 74 valence electrons. The van der Waals surface area contributed by atoms with Crippen LogP contribution in [0.1, 0.15) is 17.4 Å². The van der Waals surface area contributed by atoms with Crippen LogP contribution in [0.3, 0.4) is 0 Å². The van der Waals surface area contributed by atoms with E-state index in [9.17, 15) is 14.4 Å². The van der Waals surface area contributed by atoms with Crippen molar-refractivity contribution in [2.75, 3.05) is 0 Å². The van der Waals surface area contributed by atoms with Gasteiger partial charge in [0.25, 0.3) is 5.56 Å². The smallest absolute Gasteiger partial charge is 0.292 e. The van der Waals surface area contributed by atoms with Gasteiger partial charge in [-0.2, -0.15) is 5.10 Å². The molecular formula is C8H9N3O3. The molecule has 0 atom stereocenters. The predicted octanol–water partition coefficient (Wildman–Crippen LogP) is -0.680. The molecule has 0 aromatic carbocycles.